The highest BCUT2D eigenvalue weighted by Gasteiger charge is 2.35. The molecule has 3 aromatic carbocycles. The summed E-state index contributed by atoms with van der Waals surface area (Å²) in [5.41, 5.74) is 1.98. The fourth-order valence-corrected chi connectivity index (χ4v) is 4.79. The molecule has 4 rings (SSSR count). The Morgan fingerprint density at radius 3 is 2.52 bits per heavy atom. The van der Waals surface area contributed by atoms with E-state index in [0.717, 1.165) is 12.1 Å². The number of alkyl halides is 3. The summed E-state index contributed by atoms with van der Waals surface area (Å²) in [5.74, 6) is 0.472. The second kappa shape index (κ2) is 8.24. The molecule has 1 heterocycles. The maximum absolute atomic E-state index is 13.4. The first-order valence-corrected chi connectivity index (χ1v) is 11.5. The molecule has 0 aliphatic carbocycles. The number of hydrogen-bond donors (Lipinski definition) is 1. The molecule has 1 atom stereocenters. The summed E-state index contributed by atoms with van der Waals surface area (Å²) < 4.78 is 75.5. The Bertz CT molecular complexity index is 1350. The molecule has 2 N–H and O–H groups in total. The van der Waals surface area contributed by atoms with Crippen LogP contribution >= 0.6 is 0 Å². The van der Waals surface area contributed by atoms with Gasteiger partial charge in [-0.3, -0.25) is 0 Å². The summed E-state index contributed by atoms with van der Waals surface area (Å²) in [6.45, 7) is 3.81. The topological polar surface area (TPSA) is 78.6 Å². The third kappa shape index (κ3) is 4.34. The van der Waals surface area contributed by atoms with E-state index in [1.165, 1.54) is 25.3 Å². The lowest BCUT2D eigenvalue weighted by Gasteiger charge is -2.32. The molecule has 33 heavy (non-hydrogen) atoms. The molecule has 0 saturated heterocycles. The van der Waals surface area contributed by atoms with Crippen LogP contribution in [0.15, 0.2) is 61.2 Å². The summed E-state index contributed by atoms with van der Waals surface area (Å²) in [5, 5.41) is 5.26. The van der Waals surface area contributed by atoms with Crippen molar-refractivity contribution in [2.75, 3.05) is 7.11 Å². The van der Waals surface area contributed by atoms with Gasteiger partial charge in [-0.2, -0.15) is 13.2 Å². The molecule has 0 bridgehead atoms. The molecule has 0 radical (unpaired) electrons. The Balaban J connectivity index is 2.02. The number of sulfonamides is 1. The molecule has 0 amide bonds. The molecule has 0 saturated carbocycles. The van der Waals surface area contributed by atoms with Crippen LogP contribution in [0.1, 0.15) is 33.9 Å². The third-order valence-corrected chi connectivity index (χ3v) is 6.15. The highest BCUT2D eigenvalue weighted by atomic mass is 32.2. The van der Waals surface area contributed by atoms with Crippen molar-refractivity contribution in [2.45, 2.75) is 18.0 Å². The predicted octanol–water partition coefficient (Wildman–Crippen LogP) is 5.29. The number of nitrogens with two attached hydrogens (primary N) is 1. The Morgan fingerprint density at radius 2 is 1.88 bits per heavy atom. The van der Waals surface area contributed by atoms with E-state index in [-0.39, 0.29) is 5.56 Å². The lowest BCUT2D eigenvalue weighted by atomic mass is 9.84. The minimum Gasteiger partial charge on any atom is -0.496 e. The molecule has 1 aliphatic heterocycles. The van der Waals surface area contributed by atoms with Crippen molar-refractivity contribution in [2.24, 2.45) is 5.14 Å². The van der Waals surface area contributed by atoms with Crippen LogP contribution < -0.4 is 14.6 Å². The second-order valence-corrected chi connectivity index (χ2v) is 9.18. The van der Waals surface area contributed by atoms with E-state index in [0.29, 0.717) is 39.3 Å². The van der Waals surface area contributed by atoms with E-state index < -0.39 is 33.6 Å². The lowest BCUT2D eigenvalue weighted by Crippen LogP contribution is -2.20. The average molecular weight is 475 g/mol. The van der Waals surface area contributed by atoms with E-state index in [9.17, 15) is 21.6 Å². The minimum absolute atomic E-state index is 0.260. The summed E-state index contributed by atoms with van der Waals surface area (Å²) in [6, 6.07) is 13.3. The largest absolute Gasteiger partial charge is 0.496 e. The molecule has 3 aromatic rings. The van der Waals surface area contributed by atoms with Crippen LogP contribution in [-0.4, -0.2) is 15.5 Å². The van der Waals surface area contributed by atoms with Crippen molar-refractivity contribution in [3.8, 4) is 22.6 Å². The zero-order valence-electron chi connectivity index (χ0n) is 17.5. The zero-order chi connectivity index (χ0) is 24.0. The van der Waals surface area contributed by atoms with Gasteiger partial charge in [0, 0.05) is 5.56 Å². The summed E-state index contributed by atoms with van der Waals surface area (Å²) in [6.07, 6.45) is -4.02. The van der Waals surface area contributed by atoms with Gasteiger partial charge in [0.05, 0.1) is 24.0 Å². The fourth-order valence-electron chi connectivity index (χ4n) is 4.11. The number of fused-ring (bicyclic) bond motifs is 3. The van der Waals surface area contributed by atoms with Gasteiger partial charge in [-0.1, -0.05) is 43.0 Å². The van der Waals surface area contributed by atoms with E-state index in [4.69, 9.17) is 14.6 Å². The SMILES string of the molecule is C=Cc1c(CS(N)(=O)=O)ccc2c1C(c1cccc(C(F)(F)F)c1)Oc1cccc(OC)c1-2. The first-order valence-electron chi connectivity index (χ1n) is 9.83. The first kappa shape index (κ1) is 22.9. The van der Waals surface area contributed by atoms with Gasteiger partial charge < -0.3 is 9.47 Å². The van der Waals surface area contributed by atoms with Crippen LogP contribution in [0.2, 0.25) is 0 Å². The van der Waals surface area contributed by atoms with Gasteiger partial charge in [-0.25, -0.2) is 13.6 Å². The maximum Gasteiger partial charge on any atom is 0.416 e. The maximum atomic E-state index is 13.4. The number of primary sulfonamides is 1. The van der Waals surface area contributed by atoms with Gasteiger partial charge in [-0.15, -0.1) is 0 Å². The quantitative estimate of drug-likeness (QED) is 0.544. The van der Waals surface area contributed by atoms with Gasteiger partial charge in [0.2, 0.25) is 10.0 Å². The molecule has 5 nitrogen and oxygen atoms in total. The molecular weight excluding hydrogens is 455 g/mol. The number of ether oxygens (including phenoxy) is 2. The number of hydrogen-bond acceptors (Lipinski definition) is 4. The Labute approximate surface area is 189 Å². The van der Waals surface area contributed by atoms with Crippen molar-refractivity contribution in [3.05, 3.63) is 89.0 Å². The van der Waals surface area contributed by atoms with Gasteiger partial charge >= 0.3 is 6.18 Å². The van der Waals surface area contributed by atoms with Gasteiger partial charge in [0.25, 0.3) is 0 Å². The predicted molar refractivity (Wildman–Crippen MR) is 119 cm³/mol. The Kier molecular flexibility index (Phi) is 5.71. The summed E-state index contributed by atoms with van der Waals surface area (Å²) in [7, 11) is -2.38. The average Bonchev–Trinajstić information content (AvgIpc) is 2.76. The summed E-state index contributed by atoms with van der Waals surface area (Å²) in [4.78, 5) is 0. The smallest absolute Gasteiger partial charge is 0.416 e. The molecule has 0 fully saturated rings. The van der Waals surface area contributed by atoms with Crippen LogP contribution in [0, 0.1) is 0 Å². The minimum atomic E-state index is -4.54. The van der Waals surface area contributed by atoms with E-state index in [2.05, 4.69) is 6.58 Å². The van der Waals surface area contributed by atoms with Crippen molar-refractivity contribution >= 4 is 16.1 Å². The number of benzene rings is 3. The molecular formula is C24H20F3NO4S. The molecule has 1 unspecified atom stereocenters. The van der Waals surface area contributed by atoms with Crippen LogP contribution in [0.25, 0.3) is 17.2 Å². The number of rotatable bonds is 5. The third-order valence-electron chi connectivity index (χ3n) is 5.44. The Morgan fingerprint density at radius 1 is 1.15 bits per heavy atom. The number of halogens is 3. The van der Waals surface area contributed by atoms with E-state index >= 15 is 0 Å². The van der Waals surface area contributed by atoms with Crippen LogP contribution in [0.5, 0.6) is 11.5 Å². The standard InChI is InChI=1S/C24H20F3NO4S/c1-3-17-15(13-33(28,29)30)10-11-18-21(17)23(14-6-4-7-16(12-14)24(25,26)27)32-20-9-5-8-19(31-2)22(18)20/h3-12,23H,1,13H2,2H3,(H2,28,29,30). The van der Waals surface area contributed by atoms with E-state index in [1.807, 2.05) is 0 Å². The summed E-state index contributed by atoms with van der Waals surface area (Å²) >= 11 is 0. The second-order valence-electron chi connectivity index (χ2n) is 7.57. The Hall–Kier alpha value is -3.30. The molecule has 0 spiro atoms. The van der Waals surface area contributed by atoms with Gasteiger partial charge in [0.1, 0.15) is 11.5 Å². The molecule has 0 aromatic heterocycles. The van der Waals surface area contributed by atoms with E-state index in [1.54, 1.807) is 30.3 Å². The van der Waals surface area contributed by atoms with Crippen molar-refractivity contribution in [3.63, 3.8) is 0 Å². The fraction of sp³-hybridized carbons (Fsp3) is 0.167. The van der Waals surface area contributed by atoms with Crippen molar-refractivity contribution in [1.82, 2.24) is 0 Å². The van der Waals surface area contributed by atoms with Crippen LogP contribution in [-0.2, 0) is 22.0 Å². The van der Waals surface area contributed by atoms with Crippen molar-refractivity contribution < 1.29 is 31.1 Å². The van der Waals surface area contributed by atoms with Crippen molar-refractivity contribution in [1.29, 1.82) is 0 Å². The first-order chi connectivity index (χ1) is 15.5. The molecule has 9 heteroatoms. The molecule has 172 valence electrons. The van der Waals surface area contributed by atoms with Gasteiger partial charge in [-0.05, 0) is 46.5 Å². The lowest BCUT2D eigenvalue weighted by molar-refractivity contribution is -0.137. The highest BCUT2D eigenvalue weighted by Crippen LogP contribution is 2.51. The van der Waals surface area contributed by atoms with Gasteiger partial charge in [0.15, 0.2) is 6.10 Å². The highest BCUT2D eigenvalue weighted by molar-refractivity contribution is 7.88. The molecule has 1 aliphatic rings. The zero-order valence-corrected chi connectivity index (χ0v) is 18.3. The number of methoxy groups -OCH3 is 1. The monoisotopic (exact) mass is 475 g/mol. The normalized spacial score (nSPS) is 15.2. The van der Waals surface area contributed by atoms with Crippen LogP contribution in [0.4, 0.5) is 13.2 Å². The van der Waals surface area contributed by atoms with Crippen LogP contribution in [0.3, 0.4) is 0 Å².